The first-order chi connectivity index (χ1) is 15.1. The minimum Gasteiger partial charge on any atom is -0.389 e. The van der Waals surface area contributed by atoms with E-state index in [9.17, 15) is 10.2 Å². The van der Waals surface area contributed by atoms with Crippen molar-refractivity contribution in [2.75, 3.05) is 18.5 Å². The number of nitrogens with one attached hydrogen (secondary N) is 1. The van der Waals surface area contributed by atoms with E-state index in [-0.39, 0.29) is 35.2 Å². The van der Waals surface area contributed by atoms with Gasteiger partial charge < -0.3 is 24.7 Å². The second-order valence-corrected chi connectivity index (χ2v) is 9.31. The minimum atomic E-state index is -1.23. The van der Waals surface area contributed by atoms with Gasteiger partial charge in [-0.05, 0) is 32.3 Å². The van der Waals surface area contributed by atoms with Crippen LogP contribution in [0.15, 0.2) is 18.5 Å². The smallest absolute Gasteiger partial charge is 0.223 e. The topological polar surface area (TPSA) is 105 Å². The monoisotopic (exact) mass is 463 g/mol. The average Bonchev–Trinajstić information content (AvgIpc) is 3.12. The number of halogens is 2. The van der Waals surface area contributed by atoms with Gasteiger partial charge in [-0.25, -0.2) is 19.3 Å². The molecule has 4 heterocycles. The van der Waals surface area contributed by atoms with Gasteiger partial charge in [0.15, 0.2) is 11.5 Å². The van der Waals surface area contributed by atoms with Crippen molar-refractivity contribution in [1.29, 1.82) is 0 Å². The number of anilines is 1. The van der Waals surface area contributed by atoms with Crippen LogP contribution in [0.25, 0.3) is 16.9 Å². The van der Waals surface area contributed by atoms with Gasteiger partial charge in [-0.3, -0.25) is 0 Å². The van der Waals surface area contributed by atoms with Crippen LogP contribution in [-0.4, -0.2) is 54.9 Å². The number of hydrogen-bond acceptors (Lipinski definition) is 7. The number of aromatic nitrogens is 4. The van der Waals surface area contributed by atoms with Crippen molar-refractivity contribution in [3.8, 4) is 11.3 Å². The minimum absolute atomic E-state index is 0.0193. The standard InChI is InChI=1S/C22H27ClFN5O3/c1-11(2)18-19(22(3,4)31)28-20-14(24)7-12(9-29(18)20)17-13(23)8-25-21(27-17)26-15-5-6-32-10-16(15)30/h7-9,11,15-16,30-31H,5-6,10H2,1-4H3,(H,25,26,27)/t15-,16-/m1/s1. The summed E-state index contributed by atoms with van der Waals surface area (Å²) in [5.41, 5.74) is 0.824. The van der Waals surface area contributed by atoms with Crippen LogP contribution in [0.1, 0.15) is 51.4 Å². The zero-order valence-electron chi connectivity index (χ0n) is 18.4. The zero-order chi connectivity index (χ0) is 23.2. The molecule has 2 atom stereocenters. The maximum atomic E-state index is 15.1. The summed E-state index contributed by atoms with van der Waals surface area (Å²) in [6.07, 6.45) is 3.09. The molecule has 0 aliphatic carbocycles. The Labute approximate surface area is 190 Å². The third kappa shape index (κ3) is 4.30. The molecule has 0 saturated carbocycles. The van der Waals surface area contributed by atoms with Gasteiger partial charge in [-0.15, -0.1) is 0 Å². The molecule has 1 aliphatic heterocycles. The molecule has 3 aromatic rings. The number of ether oxygens (including phenoxy) is 1. The molecule has 3 aromatic heterocycles. The molecule has 0 amide bonds. The van der Waals surface area contributed by atoms with Crippen molar-refractivity contribution in [3.05, 3.63) is 40.7 Å². The van der Waals surface area contributed by atoms with Gasteiger partial charge >= 0.3 is 0 Å². The van der Waals surface area contributed by atoms with E-state index in [0.717, 1.165) is 0 Å². The van der Waals surface area contributed by atoms with Crippen LogP contribution in [-0.2, 0) is 10.3 Å². The lowest BCUT2D eigenvalue weighted by atomic mass is 9.98. The summed E-state index contributed by atoms with van der Waals surface area (Å²) in [5, 5.41) is 24.1. The summed E-state index contributed by atoms with van der Waals surface area (Å²) < 4.78 is 22.0. The van der Waals surface area contributed by atoms with Crippen molar-refractivity contribution >= 4 is 23.2 Å². The number of rotatable bonds is 5. The molecule has 0 aromatic carbocycles. The Hall–Kier alpha value is -2.33. The van der Waals surface area contributed by atoms with E-state index in [1.54, 1.807) is 24.4 Å². The van der Waals surface area contributed by atoms with E-state index < -0.39 is 17.5 Å². The molecule has 1 fully saturated rings. The molecule has 10 heteroatoms. The van der Waals surface area contributed by atoms with Crippen LogP contribution in [0.3, 0.4) is 0 Å². The fourth-order valence-electron chi connectivity index (χ4n) is 3.95. The number of hydrogen-bond donors (Lipinski definition) is 3. The third-order valence-electron chi connectivity index (χ3n) is 5.50. The van der Waals surface area contributed by atoms with Crippen LogP contribution in [0.5, 0.6) is 0 Å². The van der Waals surface area contributed by atoms with Gasteiger partial charge in [0.2, 0.25) is 5.95 Å². The first-order valence-corrected chi connectivity index (χ1v) is 10.9. The lowest BCUT2D eigenvalue weighted by Gasteiger charge is -2.28. The van der Waals surface area contributed by atoms with Crippen molar-refractivity contribution < 1.29 is 19.3 Å². The SMILES string of the molecule is CC(C)c1c(C(C)(C)O)nc2c(F)cc(-c3nc(N[C@@H]4CCOC[C@H]4O)ncc3Cl)cn12. The normalized spacial score (nSPS) is 19.7. The molecule has 3 N–H and O–H groups in total. The molecule has 4 rings (SSSR count). The number of aliphatic hydroxyl groups excluding tert-OH is 1. The average molecular weight is 464 g/mol. The van der Waals surface area contributed by atoms with Gasteiger partial charge in [0.1, 0.15) is 5.60 Å². The van der Waals surface area contributed by atoms with Gasteiger partial charge in [-0.1, -0.05) is 25.4 Å². The molecule has 0 unspecified atom stereocenters. The first kappa shape index (κ1) is 22.8. The Bertz CT molecular complexity index is 1140. The van der Waals surface area contributed by atoms with Crippen LogP contribution in [0, 0.1) is 5.82 Å². The maximum absolute atomic E-state index is 15.1. The molecule has 172 valence electrons. The second-order valence-electron chi connectivity index (χ2n) is 8.90. The van der Waals surface area contributed by atoms with E-state index >= 15 is 4.39 Å². The summed E-state index contributed by atoms with van der Waals surface area (Å²) in [6, 6.07) is 1.06. The molecule has 1 saturated heterocycles. The Morgan fingerprint density at radius 3 is 2.75 bits per heavy atom. The highest BCUT2D eigenvalue weighted by atomic mass is 35.5. The van der Waals surface area contributed by atoms with Gasteiger partial charge in [0.05, 0.1) is 47.1 Å². The summed E-state index contributed by atoms with van der Waals surface area (Å²) in [5.74, 6) is -0.291. The lowest BCUT2D eigenvalue weighted by molar-refractivity contribution is -0.0136. The number of nitrogens with zero attached hydrogens (tertiary/aromatic N) is 4. The summed E-state index contributed by atoms with van der Waals surface area (Å²) in [4.78, 5) is 13.1. The second kappa shape index (κ2) is 8.55. The highest BCUT2D eigenvalue weighted by Crippen LogP contribution is 2.34. The van der Waals surface area contributed by atoms with E-state index in [1.807, 2.05) is 13.8 Å². The molecule has 8 nitrogen and oxygen atoms in total. The van der Waals surface area contributed by atoms with Gasteiger partial charge in [-0.2, -0.15) is 0 Å². The summed E-state index contributed by atoms with van der Waals surface area (Å²) in [7, 11) is 0. The highest BCUT2D eigenvalue weighted by Gasteiger charge is 2.29. The fraction of sp³-hybridized carbons (Fsp3) is 0.500. The molecule has 0 radical (unpaired) electrons. The molecule has 32 heavy (non-hydrogen) atoms. The molecule has 0 spiro atoms. The summed E-state index contributed by atoms with van der Waals surface area (Å²) in [6.45, 7) is 7.94. The van der Waals surface area contributed by atoms with Crippen LogP contribution in [0.2, 0.25) is 5.02 Å². The fourth-order valence-corrected chi connectivity index (χ4v) is 4.15. The van der Waals surface area contributed by atoms with Gasteiger partial charge in [0, 0.05) is 18.4 Å². The quantitative estimate of drug-likeness (QED) is 0.532. The van der Waals surface area contributed by atoms with Crippen molar-refractivity contribution in [2.45, 2.75) is 57.8 Å². The Kier molecular flexibility index (Phi) is 6.10. The van der Waals surface area contributed by atoms with Crippen molar-refractivity contribution in [2.24, 2.45) is 0 Å². The lowest BCUT2D eigenvalue weighted by Crippen LogP contribution is -2.42. The largest absolute Gasteiger partial charge is 0.389 e. The van der Waals surface area contributed by atoms with Crippen LogP contribution in [0.4, 0.5) is 10.3 Å². The van der Waals surface area contributed by atoms with E-state index in [4.69, 9.17) is 16.3 Å². The third-order valence-corrected chi connectivity index (χ3v) is 5.77. The molecular weight excluding hydrogens is 437 g/mol. The van der Waals surface area contributed by atoms with Crippen molar-refractivity contribution in [1.82, 2.24) is 19.4 Å². The zero-order valence-corrected chi connectivity index (χ0v) is 19.2. The highest BCUT2D eigenvalue weighted by molar-refractivity contribution is 6.32. The summed E-state index contributed by atoms with van der Waals surface area (Å²) >= 11 is 6.38. The van der Waals surface area contributed by atoms with Crippen molar-refractivity contribution in [3.63, 3.8) is 0 Å². The Morgan fingerprint density at radius 2 is 2.09 bits per heavy atom. The van der Waals surface area contributed by atoms with Gasteiger partial charge in [0.25, 0.3) is 0 Å². The number of fused-ring (bicyclic) bond motifs is 1. The molecule has 1 aliphatic rings. The molecular formula is C22H27ClFN5O3. The van der Waals surface area contributed by atoms with E-state index in [1.165, 1.54) is 12.3 Å². The predicted octanol–water partition coefficient (Wildman–Crippen LogP) is 3.50. The number of imidazole rings is 1. The number of pyridine rings is 1. The van der Waals surface area contributed by atoms with Crippen LogP contribution < -0.4 is 5.32 Å². The van der Waals surface area contributed by atoms with E-state index in [0.29, 0.717) is 35.7 Å². The Morgan fingerprint density at radius 1 is 1.34 bits per heavy atom. The first-order valence-electron chi connectivity index (χ1n) is 10.6. The molecule has 0 bridgehead atoms. The van der Waals surface area contributed by atoms with E-state index in [2.05, 4.69) is 20.3 Å². The predicted molar refractivity (Wildman–Crippen MR) is 119 cm³/mol. The Balaban J connectivity index is 1.80. The maximum Gasteiger partial charge on any atom is 0.223 e. The van der Waals surface area contributed by atoms with Crippen LogP contribution >= 0.6 is 11.6 Å². The number of aliphatic hydroxyl groups is 2.